The number of anilines is 1. The molecule has 3 aliphatic heterocycles. The number of nitriles is 1. The molecule has 2 aromatic carbocycles. The summed E-state index contributed by atoms with van der Waals surface area (Å²) >= 11 is 6.41. The Bertz CT molecular complexity index is 2230. The third kappa shape index (κ3) is 7.26. The van der Waals surface area contributed by atoms with E-state index in [2.05, 4.69) is 54.0 Å². The zero-order valence-electron chi connectivity index (χ0n) is 33.9. The number of fused-ring (bicyclic) bond motifs is 1. The van der Waals surface area contributed by atoms with Crippen LogP contribution in [0.1, 0.15) is 122 Å². The number of ether oxygens (including phenoxy) is 1. The molecule has 0 radical (unpaired) electrons. The first kappa shape index (κ1) is 40.5. The lowest BCUT2D eigenvalue weighted by atomic mass is 9.48. The molecule has 2 aliphatic carbocycles. The molecule has 1 atom stereocenters. The third-order valence-corrected chi connectivity index (χ3v) is 14.0. The summed E-state index contributed by atoms with van der Waals surface area (Å²) in [4.78, 5) is 69.0. The van der Waals surface area contributed by atoms with Gasteiger partial charge in [0.2, 0.25) is 11.8 Å². The molecule has 3 N–H and O–H groups in total. The highest BCUT2D eigenvalue weighted by Gasteiger charge is 2.66. The minimum absolute atomic E-state index is 0.0746. The number of carbonyl (C=O) groups is 5. The lowest BCUT2D eigenvalue weighted by Crippen LogP contribution is -2.76. The lowest BCUT2D eigenvalue weighted by Gasteiger charge is -2.67. The summed E-state index contributed by atoms with van der Waals surface area (Å²) in [5, 5.41) is 16.5. The molecule has 3 aromatic rings. The summed E-state index contributed by atoms with van der Waals surface area (Å²) in [6.45, 7) is 11.6. The van der Waals surface area contributed by atoms with Crippen LogP contribution in [0.3, 0.4) is 0 Å². The maximum Gasteiger partial charge on any atom is 0.269 e. The smallest absolute Gasteiger partial charge is 0.269 e. The average Bonchev–Trinajstić information content (AvgIpc) is 3.80. The molecular formula is C44H51ClN8O6. The van der Waals surface area contributed by atoms with Gasteiger partial charge in [0.05, 0.1) is 27.8 Å². The molecule has 14 nitrogen and oxygen atoms in total. The number of carbonyl (C=O) groups excluding carboxylic acids is 5. The van der Waals surface area contributed by atoms with E-state index in [1.54, 1.807) is 30.3 Å². The van der Waals surface area contributed by atoms with E-state index >= 15 is 0 Å². The Labute approximate surface area is 348 Å². The summed E-state index contributed by atoms with van der Waals surface area (Å²) in [5.41, 5.74) is 7.17. The topological polar surface area (TPSA) is 184 Å². The Morgan fingerprint density at radius 3 is 2.27 bits per heavy atom. The number of nitrogens with zero attached hydrogens (tertiary/aromatic N) is 6. The molecule has 59 heavy (non-hydrogen) atoms. The van der Waals surface area contributed by atoms with E-state index in [0.29, 0.717) is 28.3 Å². The number of imide groups is 2. The molecule has 2 saturated carbocycles. The van der Waals surface area contributed by atoms with Gasteiger partial charge in [0, 0.05) is 66.9 Å². The second-order valence-corrected chi connectivity index (χ2v) is 18.5. The van der Waals surface area contributed by atoms with Crippen molar-refractivity contribution < 1.29 is 28.7 Å². The molecule has 5 amide bonds. The van der Waals surface area contributed by atoms with Gasteiger partial charge in [-0.3, -0.25) is 43.8 Å². The van der Waals surface area contributed by atoms with Crippen molar-refractivity contribution in [3.8, 4) is 11.8 Å². The predicted molar refractivity (Wildman–Crippen MR) is 219 cm³/mol. The number of amides is 5. The fourth-order valence-corrected chi connectivity index (χ4v) is 11.4. The van der Waals surface area contributed by atoms with Crippen LogP contribution in [-0.4, -0.2) is 93.0 Å². The van der Waals surface area contributed by atoms with Crippen LogP contribution < -0.4 is 20.7 Å². The van der Waals surface area contributed by atoms with Crippen molar-refractivity contribution in [3.05, 3.63) is 76.1 Å². The Morgan fingerprint density at radius 2 is 1.64 bits per heavy atom. The van der Waals surface area contributed by atoms with E-state index in [1.807, 2.05) is 23.0 Å². The highest BCUT2D eigenvalue weighted by atomic mass is 35.5. The summed E-state index contributed by atoms with van der Waals surface area (Å²) in [7, 11) is 0. The monoisotopic (exact) mass is 822 g/mol. The molecule has 2 saturated heterocycles. The second kappa shape index (κ2) is 15.4. The number of hydrogen-bond donors (Lipinski definition) is 2. The molecule has 8 rings (SSSR count). The molecule has 4 fully saturated rings. The van der Waals surface area contributed by atoms with Crippen molar-refractivity contribution in [2.24, 2.45) is 22.5 Å². The third-order valence-electron chi connectivity index (χ3n) is 13.6. The van der Waals surface area contributed by atoms with Crippen molar-refractivity contribution in [2.75, 3.05) is 24.5 Å². The summed E-state index contributed by atoms with van der Waals surface area (Å²) in [5.74, 6) is -1.50. The van der Waals surface area contributed by atoms with E-state index in [1.165, 1.54) is 0 Å². The highest BCUT2D eigenvalue weighted by Crippen LogP contribution is 2.59. The highest BCUT2D eigenvalue weighted by molar-refractivity contribution is 6.31. The number of nitrogens with one attached hydrogen (secondary N) is 1. The first-order valence-corrected chi connectivity index (χ1v) is 21.0. The Morgan fingerprint density at radius 1 is 0.949 bits per heavy atom. The molecule has 15 heteroatoms. The lowest BCUT2D eigenvalue weighted by molar-refractivity contribution is -0.221. The number of halogens is 1. The van der Waals surface area contributed by atoms with Gasteiger partial charge in [0.25, 0.3) is 17.7 Å². The van der Waals surface area contributed by atoms with Crippen molar-refractivity contribution in [2.45, 2.75) is 109 Å². The van der Waals surface area contributed by atoms with Gasteiger partial charge in [-0.2, -0.15) is 10.4 Å². The van der Waals surface area contributed by atoms with Gasteiger partial charge in [0.1, 0.15) is 29.7 Å². The van der Waals surface area contributed by atoms with Crippen LogP contribution in [0.25, 0.3) is 0 Å². The van der Waals surface area contributed by atoms with Crippen molar-refractivity contribution in [3.63, 3.8) is 0 Å². The standard InChI is InChI=1S/C44H51ClN8O6/c1-43(2)41(44(3,4)42(43)59-30-11-5-26(23-46)33(45)22-30)51(27-6-8-28(9-7-27)52-20-17-34(49-52)37(47)55)24-25-15-18-50(19-16-25)29-10-12-31-32(21-29)40(58)53(39(31)57)35-13-14-36(54)48-38(35)56/h5,10-12,17,20-22,25,27-28,35,41-42H,6-9,13-16,18-19,24H2,1-4H3,(H2,47,55)(H,48,54,56). The van der Waals surface area contributed by atoms with Crippen LogP contribution in [0.4, 0.5) is 5.69 Å². The minimum atomic E-state index is -1.00. The Kier molecular flexibility index (Phi) is 10.6. The molecule has 1 unspecified atom stereocenters. The van der Waals surface area contributed by atoms with Crippen LogP contribution in [0.5, 0.6) is 5.75 Å². The molecule has 1 aromatic heterocycles. The van der Waals surface area contributed by atoms with E-state index < -0.39 is 35.6 Å². The normalized spacial score (nSPS) is 26.6. The van der Waals surface area contributed by atoms with Crippen LogP contribution >= 0.6 is 11.6 Å². The Balaban J connectivity index is 0.977. The van der Waals surface area contributed by atoms with E-state index in [-0.39, 0.29) is 58.7 Å². The van der Waals surface area contributed by atoms with Gasteiger partial charge >= 0.3 is 0 Å². The zero-order chi connectivity index (χ0) is 42.0. The summed E-state index contributed by atoms with van der Waals surface area (Å²) < 4.78 is 8.61. The van der Waals surface area contributed by atoms with Gasteiger partial charge in [-0.1, -0.05) is 39.3 Å². The number of nitrogens with two attached hydrogens (primary N) is 1. The number of benzene rings is 2. The molecular weight excluding hydrogens is 772 g/mol. The van der Waals surface area contributed by atoms with Gasteiger partial charge in [-0.25, -0.2) is 0 Å². The van der Waals surface area contributed by atoms with Crippen molar-refractivity contribution >= 4 is 46.8 Å². The molecule has 310 valence electrons. The van der Waals surface area contributed by atoms with Crippen molar-refractivity contribution in [1.82, 2.24) is 24.9 Å². The van der Waals surface area contributed by atoms with Gasteiger partial charge in [-0.05, 0) is 87.3 Å². The largest absolute Gasteiger partial charge is 0.489 e. The second-order valence-electron chi connectivity index (χ2n) is 18.1. The van der Waals surface area contributed by atoms with Crippen LogP contribution in [0.15, 0.2) is 48.7 Å². The fourth-order valence-electron chi connectivity index (χ4n) is 11.2. The number of aromatic nitrogens is 2. The van der Waals surface area contributed by atoms with Crippen molar-refractivity contribution in [1.29, 1.82) is 5.26 Å². The first-order valence-electron chi connectivity index (χ1n) is 20.7. The van der Waals surface area contributed by atoms with Crippen LogP contribution in [0, 0.1) is 28.1 Å². The van der Waals surface area contributed by atoms with Gasteiger partial charge < -0.3 is 15.4 Å². The van der Waals surface area contributed by atoms with Crippen LogP contribution in [-0.2, 0) is 9.59 Å². The van der Waals surface area contributed by atoms with E-state index in [0.717, 1.165) is 68.7 Å². The summed E-state index contributed by atoms with van der Waals surface area (Å²) in [6.07, 6.45) is 7.64. The van der Waals surface area contributed by atoms with Crippen LogP contribution in [0.2, 0.25) is 5.02 Å². The molecule has 4 heterocycles. The van der Waals surface area contributed by atoms with Gasteiger partial charge in [0.15, 0.2) is 0 Å². The Hall–Kier alpha value is -5.26. The predicted octanol–water partition coefficient (Wildman–Crippen LogP) is 5.49. The average molecular weight is 823 g/mol. The maximum atomic E-state index is 13.6. The number of hydrogen-bond acceptors (Lipinski definition) is 10. The minimum Gasteiger partial charge on any atom is -0.489 e. The van der Waals surface area contributed by atoms with E-state index in [4.69, 9.17) is 22.1 Å². The van der Waals surface area contributed by atoms with E-state index in [9.17, 15) is 29.2 Å². The zero-order valence-corrected chi connectivity index (χ0v) is 34.7. The fraction of sp³-hybridized carbons (Fsp3) is 0.523. The maximum absolute atomic E-state index is 13.6. The quantitative estimate of drug-likeness (QED) is 0.248. The number of rotatable bonds is 10. The first-order chi connectivity index (χ1) is 28.1. The number of piperidine rings is 2. The SMILES string of the molecule is CC1(C)C(Oc2ccc(C#N)c(Cl)c2)C(C)(C)C1N(CC1CCN(c2ccc3c(c2)C(=O)N(C2CCC(=O)NC2=O)C3=O)CC1)C1CCC(n2ccc(C(N)=O)n2)CC1. The molecule has 0 spiro atoms. The molecule has 5 aliphatic rings. The summed E-state index contributed by atoms with van der Waals surface area (Å²) in [6, 6.07) is 14.1. The molecule has 0 bridgehead atoms. The van der Waals surface area contributed by atoms with Gasteiger partial charge in [-0.15, -0.1) is 0 Å². The number of primary amides is 1.